The van der Waals surface area contributed by atoms with Gasteiger partial charge in [0.05, 0.1) is 49.0 Å². The molecule has 0 aromatic heterocycles. The first-order valence-corrected chi connectivity index (χ1v) is 25.8. The van der Waals surface area contributed by atoms with Gasteiger partial charge in [0, 0.05) is 63.5 Å². The number of carbonyl (C=O) groups excluding carboxylic acids is 12. The first-order valence-electron chi connectivity index (χ1n) is 25.8. The predicted octanol–water partition coefficient (Wildman–Crippen LogP) is 3.52. The number of carbonyl (C=O) groups is 8. The standard InChI is InChI=1S/C58H64N6O10.2CO2/c1-37-5-9-39(10-6-37)25-29-59-51(65)47-33-63(34-48(47)52(66)60-30-26-40-11-7-38(2)8-12-40)55(69)43-21-23-44(24-22-43)56(70)64-35-49(53(67)61-31-27-41-13-17-45(18-14-41)57(71)73-3)50(36-64)54(68)62-32-28-42-15-19-46(20-16-42)58(72)74-4;2*2-1-3/h5-24,47-50H,25-36H2,1-4H3,(H,59,65)(H,60,66)(H,61,67)(H,62,68);;/t47-,48-,49-,50-;;/m0../s1. The highest BCUT2D eigenvalue weighted by Gasteiger charge is 2.45. The Kier molecular flexibility index (Phi) is 23.9. The van der Waals surface area contributed by atoms with Crippen molar-refractivity contribution >= 4 is 59.7 Å². The monoisotopic (exact) mass is 1090 g/mol. The van der Waals surface area contributed by atoms with Crippen LogP contribution >= 0.6 is 0 Å². The largest absolute Gasteiger partial charge is 0.465 e. The third-order valence-electron chi connectivity index (χ3n) is 13.8. The van der Waals surface area contributed by atoms with E-state index in [2.05, 4.69) is 21.3 Å². The first-order chi connectivity index (χ1) is 38.5. The van der Waals surface area contributed by atoms with Gasteiger partial charge >= 0.3 is 24.2 Å². The predicted molar refractivity (Wildman–Crippen MR) is 287 cm³/mol. The molecule has 0 saturated carbocycles. The minimum absolute atomic E-state index is 0.0238. The van der Waals surface area contributed by atoms with Crippen molar-refractivity contribution in [3.05, 3.63) is 177 Å². The zero-order valence-corrected chi connectivity index (χ0v) is 45.0. The van der Waals surface area contributed by atoms with Crippen LogP contribution in [0.1, 0.15) is 74.8 Å². The summed E-state index contributed by atoms with van der Waals surface area (Å²) in [6.45, 7) is 5.19. The van der Waals surface area contributed by atoms with Crippen molar-refractivity contribution < 1.29 is 67.0 Å². The van der Waals surface area contributed by atoms with Crippen molar-refractivity contribution in [3.8, 4) is 0 Å². The molecule has 20 heteroatoms. The summed E-state index contributed by atoms with van der Waals surface area (Å²) in [5, 5.41) is 11.9. The average Bonchev–Trinajstić information content (AvgIpc) is 4.13. The van der Waals surface area contributed by atoms with E-state index < -0.39 is 59.2 Å². The molecule has 7 rings (SSSR count). The summed E-state index contributed by atoms with van der Waals surface area (Å²) < 4.78 is 9.55. The summed E-state index contributed by atoms with van der Waals surface area (Å²) in [6.07, 6.45) is 2.60. The summed E-state index contributed by atoms with van der Waals surface area (Å²) in [6, 6.07) is 35.9. The molecule has 0 unspecified atom stereocenters. The summed E-state index contributed by atoms with van der Waals surface area (Å²) in [4.78, 5) is 143. The topological polar surface area (TPSA) is 278 Å². The zero-order valence-electron chi connectivity index (χ0n) is 45.0. The van der Waals surface area contributed by atoms with Crippen LogP contribution in [0, 0.1) is 37.5 Å². The number of nitrogens with zero attached hydrogens (tertiary/aromatic N) is 2. The number of benzene rings is 5. The molecule has 80 heavy (non-hydrogen) atoms. The molecular weight excluding hydrogens is 1030 g/mol. The van der Waals surface area contributed by atoms with Gasteiger partial charge in [0.15, 0.2) is 0 Å². The van der Waals surface area contributed by atoms with Crippen molar-refractivity contribution in [2.24, 2.45) is 23.7 Å². The van der Waals surface area contributed by atoms with E-state index in [9.17, 15) is 38.4 Å². The molecule has 5 aromatic rings. The van der Waals surface area contributed by atoms with E-state index >= 15 is 0 Å². The van der Waals surface area contributed by atoms with Gasteiger partial charge in [-0.05, 0) is 110 Å². The summed E-state index contributed by atoms with van der Waals surface area (Å²) in [5.74, 6) is -6.49. The van der Waals surface area contributed by atoms with E-state index in [1.165, 1.54) is 48.3 Å². The lowest BCUT2D eigenvalue weighted by atomic mass is 9.94. The molecule has 4 N–H and O–H groups in total. The first kappa shape index (κ1) is 61.5. The van der Waals surface area contributed by atoms with Crippen LogP contribution in [0.5, 0.6) is 0 Å². The highest BCUT2D eigenvalue weighted by atomic mass is 16.5. The third kappa shape index (κ3) is 17.8. The average molecular weight is 1090 g/mol. The van der Waals surface area contributed by atoms with Gasteiger partial charge in [-0.1, -0.05) is 83.9 Å². The minimum Gasteiger partial charge on any atom is -0.465 e. The minimum atomic E-state index is -0.878. The van der Waals surface area contributed by atoms with Crippen LogP contribution in [0.3, 0.4) is 0 Å². The Morgan fingerprint density at radius 2 is 0.600 bits per heavy atom. The number of likely N-dealkylation sites (tertiary alicyclic amines) is 2. The molecule has 20 nitrogen and oxygen atoms in total. The second-order valence-corrected chi connectivity index (χ2v) is 19.1. The molecule has 4 atom stereocenters. The van der Waals surface area contributed by atoms with Gasteiger partial charge in [0.2, 0.25) is 23.6 Å². The summed E-state index contributed by atoms with van der Waals surface area (Å²) in [5.41, 5.74) is 7.43. The lowest BCUT2D eigenvalue weighted by Gasteiger charge is -2.18. The highest BCUT2D eigenvalue weighted by molar-refractivity contribution is 6.00. The maximum Gasteiger partial charge on any atom is 0.373 e. The molecular formula is C60H64N6O14. The molecule has 0 spiro atoms. The SMILES string of the molecule is COC(=O)c1ccc(CCNC(=O)[C@H]2CN(C(=O)c3ccc(C(=O)N4C[C@H](C(=O)NCCc5ccc(C)cc5)[C@@H](C(=O)NCCc5ccc(C)cc5)C4)cc3)C[C@@H]2C(=O)NCCc2ccc(C(=O)OC)cc2)cc1.O=C=O.O=C=O. The number of nitrogens with one attached hydrogen (secondary N) is 4. The Balaban J connectivity index is 0.00000187. The molecule has 2 heterocycles. The number of methoxy groups -OCH3 is 2. The molecule has 5 aromatic carbocycles. The quantitative estimate of drug-likeness (QED) is 0.0813. The van der Waals surface area contributed by atoms with Crippen molar-refractivity contribution in [1.29, 1.82) is 0 Å². The van der Waals surface area contributed by atoms with Crippen LogP contribution in [0.2, 0.25) is 0 Å². The molecule has 2 aliphatic rings. The van der Waals surface area contributed by atoms with E-state index in [0.717, 1.165) is 33.4 Å². The summed E-state index contributed by atoms with van der Waals surface area (Å²) in [7, 11) is 2.61. The van der Waals surface area contributed by atoms with Gasteiger partial charge in [0.25, 0.3) is 11.8 Å². The fourth-order valence-electron chi connectivity index (χ4n) is 9.33. The number of ether oxygens (including phenoxy) is 2. The number of rotatable bonds is 20. The van der Waals surface area contributed by atoms with Crippen LogP contribution in [-0.2, 0) is 73.5 Å². The number of hydrogen-bond donors (Lipinski definition) is 4. The molecule has 6 amide bonds. The van der Waals surface area contributed by atoms with E-state index in [-0.39, 0.29) is 74.5 Å². The van der Waals surface area contributed by atoms with Gasteiger partial charge in [-0.3, -0.25) is 28.8 Å². The number of aryl methyl sites for hydroxylation is 2. The van der Waals surface area contributed by atoms with Gasteiger partial charge < -0.3 is 40.5 Å². The van der Waals surface area contributed by atoms with E-state index in [1.54, 1.807) is 48.5 Å². The van der Waals surface area contributed by atoms with Crippen LogP contribution in [0.4, 0.5) is 0 Å². The Morgan fingerprint density at radius 1 is 0.388 bits per heavy atom. The maximum atomic E-state index is 14.1. The van der Waals surface area contributed by atoms with Crippen LogP contribution < -0.4 is 21.3 Å². The fraction of sp³-hybridized carbons (Fsp3) is 0.333. The number of esters is 2. The molecule has 2 saturated heterocycles. The number of amides is 6. The molecule has 0 bridgehead atoms. The lowest BCUT2D eigenvalue weighted by Crippen LogP contribution is -2.42. The molecule has 2 aliphatic heterocycles. The second-order valence-electron chi connectivity index (χ2n) is 19.1. The normalized spacial score (nSPS) is 15.9. The highest BCUT2D eigenvalue weighted by Crippen LogP contribution is 2.28. The van der Waals surface area contributed by atoms with E-state index in [1.807, 2.05) is 62.4 Å². The Bertz CT molecular complexity index is 2840. The van der Waals surface area contributed by atoms with Crippen LogP contribution in [0.25, 0.3) is 0 Å². The lowest BCUT2D eigenvalue weighted by molar-refractivity contribution is -0.193. The zero-order chi connectivity index (χ0) is 58.1. The molecule has 0 aliphatic carbocycles. The van der Waals surface area contributed by atoms with Gasteiger partial charge in [-0.15, -0.1) is 0 Å². The Labute approximate surface area is 462 Å². The van der Waals surface area contributed by atoms with E-state index in [0.29, 0.717) is 49.9 Å². The fourth-order valence-corrected chi connectivity index (χ4v) is 9.33. The molecule has 0 radical (unpaired) electrons. The Morgan fingerprint density at radius 3 is 0.825 bits per heavy atom. The van der Waals surface area contributed by atoms with Crippen LogP contribution in [-0.4, -0.2) is 136 Å². The van der Waals surface area contributed by atoms with Gasteiger partial charge in [0.1, 0.15) is 0 Å². The smallest absolute Gasteiger partial charge is 0.373 e. The van der Waals surface area contributed by atoms with Gasteiger partial charge in [-0.25, -0.2) is 9.59 Å². The van der Waals surface area contributed by atoms with Crippen molar-refractivity contribution in [2.45, 2.75) is 39.5 Å². The maximum absolute atomic E-state index is 14.1. The number of hydrogen-bond acceptors (Lipinski definition) is 14. The van der Waals surface area contributed by atoms with Crippen molar-refractivity contribution in [2.75, 3.05) is 66.6 Å². The molecule has 2 fully saturated rings. The van der Waals surface area contributed by atoms with Crippen molar-refractivity contribution in [1.82, 2.24) is 31.1 Å². The Hall–Kier alpha value is -9.38. The van der Waals surface area contributed by atoms with E-state index in [4.69, 9.17) is 28.7 Å². The summed E-state index contributed by atoms with van der Waals surface area (Å²) >= 11 is 0. The van der Waals surface area contributed by atoms with Gasteiger partial charge in [-0.2, -0.15) is 19.2 Å². The van der Waals surface area contributed by atoms with Crippen molar-refractivity contribution in [3.63, 3.8) is 0 Å². The molecule has 418 valence electrons. The third-order valence-corrected chi connectivity index (χ3v) is 13.8. The second kappa shape index (κ2) is 31.1. The van der Waals surface area contributed by atoms with Crippen LogP contribution in [0.15, 0.2) is 121 Å².